The van der Waals surface area contributed by atoms with Crippen molar-refractivity contribution >= 4 is 26.7 Å². The zero-order chi connectivity index (χ0) is 24.4. The maximum atomic E-state index is 12.0. The molecule has 1 saturated carbocycles. The monoisotopic (exact) mass is 497 g/mol. The molecule has 1 aliphatic carbocycles. The molecule has 0 unspecified atom stereocenters. The van der Waals surface area contributed by atoms with Crippen LogP contribution in [-0.2, 0) is 21.8 Å². The van der Waals surface area contributed by atoms with Gasteiger partial charge in [0.05, 0.1) is 30.7 Å². The van der Waals surface area contributed by atoms with Crippen molar-refractivity contribution in [3.8, 4) is 0 Å². The van der Waals surface area contributed by atoms with Crippen molar-refractivity contribution in [3.05, 3.63) is 54.4 Å². The quantitative estimate of drug-likeness (QED) is 0.538. The fourth-order valence-electron chi connectivity index (χ4n) is 5.64. The van der Waals surface area contributed by atoms with Crippen molar-refractivity contribution in [2.45, 2.75) is 50.2 Å². The van der Waals surface area contributed by atoms with E-state index in [-0.39, 0.29) is 18.1 Å². The first-order chi connectivity index (χ1) is 16.9. The van der Waals surface area contributed by atoms with E-state index in [1.165, 1.54) is 17.2 Å². The second-order valence-corrected chi connectivity index (χ2v) is 11.9. The molecule has 1 aliphatic heterocycles. The molecule has 2 atom stereocenters. The lowest BCUT2D eigenvalue weighted by Gasteiger charge is -2.40. The number of hydrogen-bond acceptors (Lipinski definition) is 6. The highest BCUT2D eigenvalue weighted by atomic mass is 32.2. The van der Waals surface area contributed by atoms with Crippen LogP contribution in [-0.4, -0.2) is 61.3 Å². The number of nitrogens with one attached hydrogen (secondary N) is 1. The van der Waals surface area contributed by atoms with Crippen LogP contribution in [0.4, 0.5) is 5.82 Å². The lowest BCUT2D eigenvalue weighted by Crippen LogP contribution is -2.52. The first-order valence-electron chi connectivity index (χ1n) is 12.5. The molecule has 1 N–H and O–H groups in total. The third-order valence-electron chi connectivity index (χ3n) is 7.53. The number of pyridine rings is 1. The van der Waals surface area contributed by atoms with Crippen molar-refractivity contribution in [3.63, 3.8) is 0 Å². The average molecular weight is 498 g/mol. The standard InChI is InChI=1S/C26H35N5O3S/c1-30-25-11-8-20(15-21(25)16-28-30)19-6-9-23(10-7-19)34-18-22-17-31(26-5-3-4-13-27-26)14-12-24(22)29-35(2,32)33/h3-5,8,11,13,15-16,19,22-24,29H,6-7,9-10,12,14,17-18H2,1-2H3/t19?,22-,23?,24-/m0/s1. The third-order valence-corrected chi connectivity index (χ3v) is 8.27. The molecule has 3 heterocycles. The predicted octanol–water partition coefficient (Wildman–Crippen LogP) is 3.46. The molecule has 2 fully saturated rings. The number of rotatable bonds is 7. The Morgan fingerprint density at radius 1 is 1.11 bits per heavy atom. The summed E-state index contributed by atoms with van der Waals surface area (Å²) in [5.41, 5.74) is 2.55. The van der Waals surface area contributed by atoms with E-state index in [1.54, 1.807) is 6.20 Å². The van der Waals surface area contributed by atoms with E-state index < -0.39 is 10.0 Å². The van der Waals surface area contributed by atoms with Crippen LogP contribution < -0.4 is 9.62 Å². The molecule has 2 aliphatic rings. The summed E-state index contributed by atoms with van der Waals surface area (Å²) in [5, 5.41) is 5.56. The summed E-state index contributed by atoms with van der Waals surface area (Å²) in [5.74, 6) is 1.56. The number of nitrogens with zero attached hydrogens (tertiary/aromatic N) is 4. The van der Waals surface area contributed by atoms with Gasteiger partial charge < -0.3 is 9.64 Å². The van der Waals surface area contributed by atoms with Gasteiger partial charge in [0.1, 0.15) is 5.82 Å². The van der Waals surface area contributed by atoms with E-state index in [0.717, 1.165) is 56.5 Å². The summed E-state index contributed by atoms with van der Waals surface area (Å²) in [4.78, 5) is 6.72. The van der Waals surface area contributed by atoms with E-state index in [9.17, 15) is 8.42 Å². The zero-order valence-electron chi connectivity index (χ0n) is 20.5. The number of sulfonamides is 1. The fourth-order valence-corrected chi connectivity index (χ4v) is 6.50. The lowest BCUT2D eigenvalue weighted by atomic mass is 9.82. The van der Waals surface area contributed by atoms with Crippen molar-refractivity contribution in [1.29, 1.82) is 0 Å². The molecule has 0 amide bonds. The van der Waals surface area contributed by atoms with Crippen LogP contribution in [0.3, 0.4) is 0 Å². The second-order valence-electron chi connectivity index (χ2n) is 10.1. The number of hydrogen-bond donors (Lipinski definition) is 1. The van der Waals surface area contributed by atoms with Gasteiger partial charge in [0, 0.05) is 43.7 Å². The average Bonchev–Trinajstić information content (AvgIpc) is 3.23. The molecule has 1 aromatic carbocycles. The summed E-state index contributed by atoms with van der Waals surface area (Å²) in [6.45, 7) is 2.05. The SMILES string of the molecule is Cn1ncc2cc(C3CCC(OC[C@@H]4CN(c5ccccn5)CC[C@@H]4NS(C)(=O)=O)CC3)ccc21. The number of fused-ring (bicyclic) bond motifs is 1. The predicted molar refractivity (Wildman–Crippen MR) is 138 cm³/mol. The Morgan fingerprint density at radius 2 is 1.94 bits per heavy atom. The van der Waals surface area contributed by atoms with Crippen molar-refractivity contribution < 1.29 is 13.2 Å². The summed E-state index contributed by atoms with van der Waals surface area (Å²) in [7, 11) is -1.31. The molecule has 9 heteroatoms. The van der Waals surface area contributed by atoms with E-state index >= 15 is 0 Å². The lowest BCUT2D eigenvalue weighted by molar-refractivity contribution is -0.00213. The minimum atomic E-state index is -3.28. The number of aryl methyl sites for hydroxylation is 1. The summed E-state index contributed by atoms with van der Waals surface area (Å²) < 4.78 is 35.1. The van der Waals surface area contributed by atoms with Gasteiger partial charge in [-0.1, -0.05) is 12.1 Å². The van der Waals surface area contributed by atoms with Gasteiger partial charge >= 0.3 is 0 Å². The molecule has 0 radical (unpaired) electrons. The highest BCUT2D eigenvalue weighted by Crippen LogP contribution is 2.35. The van der Waals surface area contributed by atoms with Crippen LogP contribution in [0.2, 0.25) is 0 Å². The van der Waals surface area contributed by atoms with Crippen LogP contribution in [0.15, 0.2) is 48.8 Å². The minimum absolute atomic E-state index is 0.0752. The fraction of sp³-hybridized carbons (Fsp3) is 0.538. The molecule has 2 aromatic heterocycles. The van der Waals surface area contributed by atoms with Crippen LogP contribution >= 0.6 is 0 Å². The van der Waals surface area contributed by atoms with E-state index in [0.29, 0.717) is 12.5 Å². The molecule has 5 rings (SSSR count). The van der Waals surface area contributed by atoms with Crippen molar-refractivity contribution in [1.82, 2.24) is 19.5 Å². The van der Waals surface area contributed by atoms with Gasteiger partial charge in [-0.25, -0.2) is 18.1 Å². The van der Waals surface area contributed by atoms with Gasteiger partial charge in [0.15, 0.2) is 0 Å². The summed E-state index contributed by atoms with van der Waals surface area (Å²) >= 11 is 0. The zero-order valence-corrected chi connectivity index (χ0v) is 21.3. The maximum Gasteiger partial charge on any atom is 0.208 e. The molecule has 0 bridgehead atoms. The molecule has 188 valence electrons. The van der Waals surface area contributed by atoms with E-state index in [1.807, 2.05) is 36.1 Å². The highest BCUT2D eigenvalue weighted by Gasteiger charge is 2.33. The largest absolute Gasteiger partial charge is 0.378 e. The van der Waals surface area contributed by atoms with Crippen LogP contribution in [0, 0.1) is 5.92 Å². The molecule has 8 nitrogen and oxygen atoms in total. The molecule has 35 heavy (non-hydrogen) atoms. The topological polar surface area (TPSA) is 89.3 Å². The van der Waals surface area contributed by atoms with E-state index in [2.05, 4.69) is 37.9 Å². The van der Waals surface area contributed by atoms with Crippen LogP contribution in [0.5, 0.6) is 0 Å². The first kappa shape index (κ1) is 24.2. The van der Waals surface area contributed by atoms with Crippen molar-refractivity contribution in [2.24, 2.45) is 13.0 Å². The Labute approximate surface area is 207 Å². The number of aromatic nitrogens is 3. The van der Waals surface area contributed by atoms with Gasteiger partial charge in [-0.05, 0) is 67.9 Å². The third kappa shape index (κ3) is 5.85. The first-order valence-corrected chi connectivity index (χ1v) is 14.4. The molecule has 0 spiro atoms. The normalized spacial score (nSPS) is 25.7. The van der Waals surface area contributed by atoms with E-state index in [4.69, 9.17) is 4.74 Å². The Kier molecular flexibility index (Phi) is 7.09. The van der Waals surface area contributed by atoms with Crippen molar-refractivity contribution in [2.75, 3.05) is 30.9 Å². The molecule has 1 saturated heterocycles. The Balaban J connectivity index is 1.18. The summed E-state index contributed by atoms with van der Waals surface area (Å²) in [6, 6.07) is 12.5. The summed E-state index contributed by atoms with van der Waals surface area (Å²) in [6.07, 6.45) is 10.2. The highest BCUT2D eigenvalue weighted by molar-refractivity contribution is 7.88. The molecule has 3 aromatic rings. The molecular formula is C26H35N5O3S. The Hall–Kier alpha value is -2.49. The number of ether oxygens (including phenoxy) is 1. The smallest absolute Gasteiger partial charge is 0.208 e. The van der Waals surface area contributed by atoms with Crippen LogP contribution in [0.25, 0.3) is 10.9 Å². The Morgan fingerprint density at radius 3 is 2.69 bits per heavy atom. The van der Waals surface area contributed by atoms with Gasteiger partial charge in [-0.2, -0.15) is 5.10 Å². The molecular weight excluding hydrogens is 462 g/mol. The Bertz CT molecular complexity index is 1240. The van der Waals surface area contributed by atoms with Crippen LogP contribution in [0.1, 0.15) is 43.6 Å². The number of anilines is 1. The number of piperidine rings is 1. The van der Waals surface area contributed by atoms with Gasteiger partial charge in [0.25, 0.3) is 0 Å². The maximum absolute atomic E-state index is 12.0. The second kappa shape index (κ2) is 10.2. The van der Waals surface area contributed by atoms with Gasteiger partial charge in [-0.15, -0.1) is 0 Å². The number of benzene rings is 1. The minimum Gasteiger partial charge on any atom is -0.378 e. The van der Waals surface area contributed by atoms with Gasteiger partial charge in [-0.3, -0.25) is 4.68 Å². The van der Waals surface area contributed by atoms with Gasteiger partial charge in [0.2, 0.25) is 10.0 Å².